The average Bonchev–Trinajstić information content (AvgIpc) is 3.32. The highest BCUT2D eigenvalue weighted by molar-refractivity contribution is 5.91. The van der Waals surface area contributed by atoms with Crippen molar-refractivity contribution in [1.82, 2.24) is 0 Å². The first-order chi connectivity index (χ1) is 20.2. The second kappa shape index (κ2) is 11.8. The molecule has 0 amide bonds. The average molecular weight is 593 g/mol. The van der Waals surface area contributed by atoms with Gasteiger partial charge in [-0.1, -0.05) is 65.3 Å². The third kappa shape index (κ3) is 5.78. The molecule has 0 aliphatic heterocycles. The Balaban J connectivity index is 1.28. The molecular weight excluding hydrogens is 544 g/mol. The number of carbonyl (C=O) groups is 1. The summed E-state index contributed by atoms with van der Waals surface area (Å²) >= 11 is 0. The maximum Gasteiger partial charge on any atom is 0.338 e. The number of benzene rings is 1. The number of ether oxygens (including phenoxy) is 1. The van der Waals surface area contributed by atoms with Crippen LogP contribution in [0.15, 0.2) is 42.0 Å². The molecule has 0 spiro atoms. The molecule has 1 aromatic carbocycles. The van der Waals surface area contributed by atoms with E-state index in [9.17, 15) is 25.0 Å². The summed E-state index contributed by atoms with van der Waals surface area (Å²) in [5, 5.41) is 22.6. The van der Waals surface area contributed by atoms with E-state index in [1.54, 1.807) is 5.57 Å². The summed E-state index contributed by atoms with van der Waals surface area (Å²) in [6.07, 6.45) is 15.6. The molecule has 1 aromatic rings. The Labute approximate surface area is 255 Å². The van der Waals surface area contributed by atoms with Gasteiger partial charge in [0, 0.05) is 12.1 Å². The van der Waals surface area contributed by atoms with Crippen LogP contribution in [-0.4, -0.2) is 21.9 Å². The molecule has 4 aliphatic carbocycles. The van der Waals surface area contributed by atoms with E-state index >= 15 is 0 Å². The number of esters is 1. The van der Waals surface area contributed by atoms with Crippen molar-refractivity contribution in [1.29, 1.82) is 0 Å². The van der Waals surface area contributed by atoms with Crippen LogP contribution in [0.4, 0.5) is 11.4 Å². The fourth-order valence-corrected chi connectivity index (χ4v) is 9.33. The molecule has 0 N–H and O–H groups in total. The van der Waals surface area contributed by atoms with Crippen LogP contribution in [0.1, 0.15) is 103 Å². The molecule has 8 heteroatoms. The lowest BCUT2D eigenvalue weighted by Crippen LogP contribution is -2.50. The molecule has 6 unspecified atom stereocenters. The molecule has 9 atom stereocenters. The summed E-state index contributed by atoms with van der Waals surface area (Å²) in [7, 11) is 0. The van der Waals surface area contributed by atoms with Gasteiger partial charge in [0.25, 0.3) is 11.4 Å². The number of rotatable bonds is 8. The van der Waals surface area contributed by atoms with E-state index in [-0.39, 0.29) is 17.1 Å². The molecule has 0 radical (unpaired) electrons. The Morgan fingerprint density at radius 2 is 1.53 bits per heavy atom. The fraction of sp³-hybridized carbons (Fsp3) is 0.686. The number of nitrogens with zero attached hydrogens (tertiary/aromatic N) is 2. The van der Waals surface area contributed by atoms with Crippen LogP contribution < -0.4 is 0 Å². The Bertz CT molecular complexity index is 1300. The van der Waals surface area contributed by atoms with Gasteiger partial charge in [-0.05, 0) is 104 Å². The molecule has 3 fully saturated rings. The summed E-state index contributed by atoms with van der Waals surface area (Å²) < 4.78 is 5.85. The number of fused-ring (bicyclic) bond motifs is 5. The Kier molecular flexibility index (Phi) is 8.62. The Morgan fingerprint density at radius 1 is 0.907 bits per heavy atom. The van der Waals surface area contributed by atoms with E-state index in [4.69, 9.17) is 4.74 Å². The van der Waals surface area contributed by atoms with E-state index in [2.05, 4.69) is 59.8 Å². The van der Waals surface area contributed by atoms with E-state index in [1.165, 1.54) is 25.7 Å². The number of carbonyl (C=O) groups excluding carboxylic acids is 1. The number of nitro groups is 2. The van der Waals surface area contributed by atoms with Gasteiger partial charge < -0.3 is 4.74 Å². The first kappa shape index (κ1) is 31.4. The van der Waals surface area contributed by atoms with Crippen LogP contribution in [0.2, 0.25) is 0 Å². The number of hydrogen-bond donors (Lipinski definition) is 0. The largest absolute Gasteiger partial charge is 0.459 e. The monoisotopic (exact) mass is 592 g/mol. The zero-order chi connectivity index (χ0) is 31.3. The number of allylic oxidation sites excluding steroid dienone is 4. The molecule has 0 saturated heterocycles. The standard InChI is InChI=1S/C35H48N2O6/c1-21(2)22(3)7-8-23(4)30-11-12-31-29-10-9-25-19-28(13-15-34(25,5)32(29)14-16-35(30,31)6)43-33(38)24-17-26(36(39)40)20-27(18-24)37(41)42/h7-8,10,17-18,20-23,25,28,30-32H,9,11-16,19H2,1-6H3/b8-7+/t22-,23+,25?,28?,30?,31?,32?,34+,35?/m0/s1. The van der Waals surface area contributed by atoms with Crippen molar-refractivity contribution in [3.8, 4) is 0 Å². The second-order valence-electron chi connectivity index (χ2n) is 14.9. The lowest BCUT2D eigenvalue weighted by Gasteiger charge is -2.58. The predicted molar refractivity (Wildman–Crippen MR) is 166 cm³/mol. The van der Waals surface area contributed by atoms with Crippen molar-refractivity contribution < 1.29 is 19.4 Å². The van der Waals surface area contributed by atoms with Gasteiger partial charge in [-0.25, -0.2) is 4.79 Å². The quantitative estimate of drug-likeness (QED) is 0.129. The maximum atomic E-state index is 13.0. The first-order valence-corrected chi connectivity index (χ1v) is 16.3. The van der Waals surface area contributed by atoms with Crippen molar-refractivity contribution in [2.75, 3.05) is 0 Å². The summed E-state index contributed by atoms with van der Waals surface area (Å²) in [4.78, 5) is 34.1. The van der Waals surface area contributed by atoms with Gasteiger partial charge in [0.1, 0.15) is 6.10 Å². The van der Waals surface area contributed by atoms with Crippen LogP contribution in [-0.2, 0) is 4.74 Å². The molecular formula is C35H48N2O6. The minimum Gasteiger partial charge on any atom is -0.459 e. The summed E-state index contributed by atoms with van der Waals surface area (Å²) in [6.45, 7) is 14.3. The lowest BCUT2D eigenvalue weighted by molar-refractivity contribution is -0.394. The highest BCUT2D eigenvalue weighted by Gasteiger charge is 2.58. The summed E-state index contributed by atoms with van der Waals surface area (Å²) in [5.74, 6) is 3.42. The Hall–Kier alpha value is -3.03. The normalized spacial score (nSPS) is 35.0. The zero-order valence-electron chi connectivity index (χ0n) is 26.6. The molecule has 0 bridgehead atoms. The minimum absolute atomic E-state index is 0.148. The van der Waals surface area contributed by atoms with Gasteiger partial charge in [-0.15, -0.1) is 0 Å². The topological polar surface area (TPSA) is 113 Å². The van der Waals surface area contributed by atoms with Crippen LogP contribution in [0.5, 0.6) is 0 Å². The van der Waals surface area contributed by atoms with Gasteiger partial charge >= 0.3 is 5.97 Å². The first-order valence-electron chi connectivity index (χ1n) is 16.3. The molecule has 0 heterocycles. The van der Waals surface area contributed by atoms with Gasteiger partial charge in [-0.2, -0.15) is 0 Å². The third-order valence-corrected chi connectivity index (χ3v) is 12.3. The smallest absolute Gasteiger partial charge is 0.338 e. The predicted octanol–water partition coefficient (Wildman–Crippen LogP) is 9.09. The number of nitro benzene ring substituents is 2. The van der Waals surface area contributed by atoms with Gasteiger partial charge in [0.2, 0.25) is 0 Å². The van der Waals surface area contributed by atoms with Gasteiger partial charge in [-0.3, -0.25) is 20.2 Å². The molecule has 0 aromatic heterocycles. The number of non-ortho nitro benzene ring substituents is 2. The lowest BCUT2D eigenvalue weighted by atomic mass is 9.47. The Morgan fingerprint density at radius 3 is 2.16 bits per heavy atom. The molecule has 43 heavy (non-hydrogen) atoms. The highest BCUT2D eigenvalue weighted by Crippen LogP contribution is 2.67. The minimum atomic E-state index is -0.733. The maximum absolute atomic E-state index is 13.0. The molecule has 3 saturated carbocycles. The van der Waals surface area contributed by atoms with Crippen LogP contribution in [0.3, 0.4) is 0 Å². The second-order valence-corrected chi connectivity index (χ2v) is 14.9. The summed E-state index contributed by atoms with van der Waals surface area (Å²) in [6, 6.07) is 2.99. The van der Waals surface area contributed by atoms with Crippen molar-refractivity contribution >= 4 is 17.3 Å². The molecule has 234 valence electrons. The van der Waals surface area contributed by atoms with E-state index < -0.39 is 27.2 Å². The van der Waals surface area contributed by atoms with E-state index in [0.717, 1.165) is 43.9 Å². The SMILES string of the molecule is CC(C)[C@@H](C)/C=C/[C@@H](C)C1CCC2C3=CCC4CC(OC(=O)c5cc([N+](=O)[O-])cc([N+](=O)[O-])c5)CC[C@@]4(C)C3CCC21C. The number of hydrogen-bond acceptors (Lipinski definition) is 6. The van der Waals surface area contributed by atoms with E-state index in [0.29, 0.717) is 46.8 Å². The van der Waals surface area contributed by atoms with Crippen LogP contribution in [0, 0.1) is 72.5 Å². The van der Waals surface area contributed by atoms with Crippen molar-refractivity contribution in [3.63, 3.8) is 0 Å². The highest BCUT2D eigenvalue weighted by atomic mass is 16.6. The summed E-state index contributed by atoms with van der Waals surface area (Å²) in [5.41, 5.74) is 1.07. The van der Waals surface area contributed by atoms with Gasteiger partial charge in [0.15, 0.2) is 0 Å². The fourth-order valence-electron chi connectivity index (χ4n) is 9.33. The van der Waals surface area contributed by atoms with Crippen molar-refractivity contribution in [3.05, 3.63) is 67.8 Å². The van der Waals surface area contributed by atoms with Crippen molar-refractivity contribution in [2.24, 2.45) is 52.3 Å². The molecule has 4 aliphatic rings. The zero-order valence-corrected chi connectivity index (χ0v) is 26.6. The van der Waals surface area contributed by atoms with Crippen LogP contribution in [0.25, 0.3) is 0 Å². The van der Waals surface area contributed by atoms with Crippen molar-refractivity contribution in [2.45, 2.75) is 99.0 Å². The van der Waals surface area contributed by atoms with Crippen LogP contribution >= 0.6 is 0 Å². The van der Waals surface area contributed by atoms with E-state index in [1.807, 2.05) is 0 Å². The molecule has 5 rings (SSSR count). The third-order valence-electron chi connectivity index (χ3n) is 12.3. The molecule has 8 nitrogen and oxygen atoms in total. The van der Waals surface area contributed by atoms with Gasteiger partial charge in [0.05, 0.1) is 21.5 Å².